The van der Waals surface area contributed by atoms with Gasteiger partial charge in [-0.15, -0.1) is 0 Å². The molecule has 0 aliphatic rings. The summed E-state index contributed by atoms with van der Waals surface area (Å²) >= 11 is 3.51. The van der Waals surface area contributed by atoms with Gasteiger partial charge in [0.1, 0.15) is 5.75 Å². The van der Waals surface area contributed by atoms with Crippen LogP contribution in [-0.2, 0) is 0 Å². The van der Waals surface area contributed by atoms with Gasteiger partial charge < -0.3 is 10.1 Å². The molecule has 2 nitrogen and oxygen atoms in total. The van der Waals surface area contributed by atoms with Crippen LogP contribution in [0.4, 0.5) is 5.69 Å². The zero-order valence-corrected chi connectivity index (χ0v) is 13.7. The Morgan fingerprint density at radius 3 is 2.50 bits per heavy atom. The van der Waals surface area contributed by atoms with E-state index < -0.39 is 0 Å². The molecular formula is C17H20BrNO. The van der Waals surface area contributed by atoms with Gasteiger partial charge in [-0.25, -0.2) is 0 Å². The zero-order chi connectivity index (χ0) is 14.5. The van der Waals surface area contributed by atoms with E-state index in [0.717, 1.165) is 15.9 Å². The van der Waals surface area contributed by atoms with E-state index in [2.05, 4.69) is 65.4 Å². The lowest BCUT2D eigenvalue weighted by molar-refractivity contribution is 0.340. The molecule has 0 heterocycles. The molecule has 0 aliphatic heterocycles. The van der Waals surface area contributed by atoms with Crippen molar-refractivity contribution >= 4 is 21.6 Å². The topological polar surface area (TPSA) is 21.3 Å². The molecule has 20 heavy (non-hydrogen) atoms. The quantitative estimate of drug-likeness (QED) is 0.798. The number of nitrogens with one attached hydrogen (secondary N) is 1. The molecular weight excluding hydrogens is 314 g/mol. The van der Waals surface area contributed by atoms with Crippen LogP contribution in [0.25, 0.3) is 0 Å². The maximum absolute atomic E-state index is 5.47. The van der Waals surface area contributed by atoms with Gasteiger partial charge >= 0.3 is 0 Å². The second-order valence-electron chi connectivity index (χ2n) is 4.83. The molecule has 0 amide bonds. The molecule has 0 fully saturated rings. The summed E-state index contributed by atoms with van der Waals surface area (Å²) in [6.45, 7) is 6.97. The van der Waals surface area contributed by atoms with Gasteiger partial charge in [-0.2, -0.15) is 0 Å². The van der Waals surface area contributed by atoms with Gasteiger partial charge in [-0.3, -0.25) is 0 Å². The summed E-state index contributed by atoms with van der Waals surface area (Å²) in [7, 11) is 0. The van der Waals surface area contributed by atoms with Crippen molar-refractivity contribution in [2.75, 3.05) is 11.9 Å². The van der Waals surface area contributed by atoms with E-state index in [-0.39, 0.29) is 6.04 Å². The van der Waals surface area contributed by atoms with Crippen LogP contribution in [0.3, 0.4) is 0 Å². The highest BCUT2D eigenvalue weighted by Gasteiger charge is 2.07. The lowest BCUT2D eigenvalue weighted by Crippen LogP contribution is -2.07. The van der Waals surface area contributed by atoms with E-state index in [4.69, 9.17) is 4.74 Å². The number of anilines is 1. The van der Waals surface area contributed by atoms with E-state index >= 15 is 0 Å². The Balaban J connectivity index is 2.11. The van der Waals surface area contributed by atoms with Gasteiger partial charge in [0.25, 0.3) is 0 Å². The molecule has 0 aromatic heterocycles. The first-order chi connectivity index (χ1) is 9.60. The summed E-state index contributed by atoms with van der Waals surface area (Å²) in [6, 6.07) is 14.8. The minimum Gasteiger partial charge on any atom is -0.494 e. The van der Waals surface area contributed by atoms with Crippen LogP contribution in [0, 0.1) is 6.92 Å². The van der Waals surface area contributed by atoms with Crippen LogP contribution < -0.4 is 10.1 Å². The molecule has 0 radical (unpaired) electrons. The van der Waals surface area contributed by atoms with Gasteiger partial charge in [-0.1, -0.05) is 34.1 Å². The average molecular weight is 334 g/mol. The fraction of sp³-hybridized carbons (Fsp3) is 0.294. The van der Waals surface area contributed by atoms with Crippen molar-refractivity contribution in [2.45, 2.75) is 26.8 Å². The Morgan fingerprint density at radius 2 is 1.85 bits per heavy atom. The number of benzene rings is 2. The van der Waals surface area contributed by atoms with E-state index in [9.17, 15) is 0 Å². The number of hydrogen-bond acceptors (Lipinski definition) is 2. The molecule has 1 atom stereocenters. The molecule has 1 N–H and O–H groups in total. The first-order valence-corrected chi connectivity index (χ1v) is 7.65. The third-order valence-corrected chi connectivity index (χ3v) is 3.76. The van der Waals surface area contributed by atoms with Crippen molar-refractivity contribution in [3.05, 3.63) is 58.1 Å². The summed E-state index contributed by atoms with van der Waals surface area (Å²) < 4.78 is 6.55. The first kappa shape index (κ1) is 14.9. The molecule has 0 bridgehead atoms. The highest BCUT2D eigenvalue weighted by Crippen LogP contribution is 2.26. The Hall–Kier alpha value is -1.48. The normalized spacial score (nSPS) is 12.0. The lowest BCUT2D eigenvalue weighted by atomic mass is 10.1. The van der Waals surface area contributed by atoms with E-state index in [1.54, 1.807) is 0 Å². The first-order valence-electron chi connectivity index (χ1n) is 6.85. The summed E-state index contributed by atoms with van der Waals surface area (Å²) in [5.41, 5.74) is 3.64. The SMILES string of the molecule is CCOc1ccc(C(C)Nc2cc(Br)ccc2C)cc1. The maximum Gasteiger partial charge on any atom is 0.119 e. The lowest BCUT2D eigenvalue weighted by Gasteiger charge is -2.18. The second-order valence-corrected chi connectivity index (χ2v) is 5.74. The fourth-order valence-corrected chi connectivity index (χ4v) is 2.45. The Kier molecular flexibility index (Phi) is 5.07. The monoisotopic (exact) mass is 333 g/mol. The Morgan fingerprint density at radius 1 is 1.15 bits per heavy atom. The molecule has 3 heteroatoms. The largest absolute Gasteiger partial charge is 0.494 e. The molecule has 0 saturated heterocycles. The van der Waals surface area contributed by atoms with Crippen molar-refractivity contribution in [1.29, 1.82) is 0 Å². The van der Waals surface area contributed by atoms with Gasteiger partial charge in [0.15, 0.2) is 0 Å². The predicted molar refractivity (Wildman–Crippen MR) is 88.5 cm³/mol. The number of rotatable bonds is 5. The third-order valence-electron chi connectivity index (χ3n) is 3.26. The van der Waals surface area contributed by atoms with Crippen molar-refractivity contribution < 1.29 is 4.74 Å². The van der Waals surface area contributed by atoms with E-state index in [1.807, 2.05) is 19.1 Å². The standard InChI is InChI=1S/C17H20BrNO/c1-4-20-16-9-6-14(7-10-16)13(3)19-17-11-15(18)8-5-12(17)2/h5-11,13,19H,4H2,1-3H3. The minimum absolute atomic E-state index is 0.249. The van der Waals surface area contributed by atoms with Crippen molar-refractivity contribution in [1.82, 2.24) is 0 Å². The Labute approximate surface area is 129 Å². The Bertz CT molecular complexity index is 566. The van der Waals surface area contributed by atoms with Gasteiger partial charge in [0.2, 0.25) is 0 Å². The number of hydrogen-bond donors (Lipinski definition) is 1. The van der Waals surface area contributed by atoms with Crippen LogP contribution in [0.5, 0.6) is 5.75 Å². The highest BCUT2D eigenvalue weighted by atomic mass is 79.9. The van der Waals surface area contributed by atoms with Crippen LogP contribution in [-0.4, -0.2) is 6.61 Å². The summed E-state index contributed by atoms with van der Waals surface area (Å²) in [5, 5.41) is 3.55. The maximum atomic E-state index is 5.47. The van der Waals surface area contributed by atoms with Crippen LogP contribution in [0.2, 0.25) is 0 Å². The molecule has 106 valence electrons. The molecule has 0 aliphatic carbocycles. The average Bonchev–Trinajstić information content (AvgIpc) is 2.44. The highest BCUT2D eigenvalue weighted by molar-refractivity contribution is 9.10. The van der Waals surface area contributed by atoms with Gasteiger partial charge in [-0.05, 0) is 56.2 Å². The minimum atomic E-state index is 0.249. The number of aryl methyl sites for hydroxylation is 1. The van der Waals surface area contributed by atoms with Crippen LogP contribution in [0.15, 0.2) is 46.9 Å². The molecule has 2 aromatic carbocycles. The van der Waals surface area contributed by atoms with Crippen LogP contribution >= 0.6 is 15.9 Å². The van der Waals surface area contributed by atoms with Crippen molar-refractivity contribution in [3.63, 3.8) is 0 Å². The molecule has 2 aromatic rings. The summed E-state index contributed by atoms with van der Waals surface area (Å²) in [6.07, 6.45) is 0. The van der Waals surface area contributed by atoms with E-state index in [1.165, 1.54) is 11.1 Å². The van der Waals surface area contributed by atoms with Crippen molar-refractivity contribution in [3.8, 4) is 5.75 Å². The van der Waals surface area contributed by atoms with Crippen LogP contribution in [0.1, 0.15) is 31.0 Å². The molecule has 1 unspecified atom stereocenters. The van der Waals surface area contributed by atoms with Gasteiger partial charge in [0, 0.05) is 16.2 Å². The second kappa shape index (κ2) is 6.80. The molecule has 2 rings (SSSR count). The smallest absolute Gasteiger partial charge is 0.119 e. The van der Waals surface area contributed by atoms with Crippen molar-refractivity contribution in [2.24, 2.45) is 0 Å². The number of halogens is 1. The number of ether oxygens (including phenoxy) is 1. The summed E-state index contributed by atoms with van der Waals surface area (Å²) in [4.78, 5) is 0. The fourth-order valence-electron chi connectivity index (χ4n) is 2.09. The predicted octanol–water partition coefficient (Wildman–Crippen LogP) is 5.33. The van der Waals surface area contributed by atoms with Gasteiger partial charge in [0.05, 0.1) is 6.61 Å². The summed E-state index contributed by atoms with van der Waals surface area (Å²) in [5.74, 6) is 0.919. The zero-order valence-electron chi connectivity index (χ0n) is 12.1. The molecule has 0 saturated carbocycles. The van der Waals surface area contributed by atoms with E-state index in [0.29, 0.717) is 6.61 Å². The third kappa shape index (κ3) is 3.76. The molecule has 0 spiro atoms.